The van der Waals surface area contributed by atoms with Gasteiger partial charge in [-0.3, -0.25) is 4.79 Å². The summed E-state index contributed by atoms with van der Waals surface area (Å²) in [4.78, 5) is 23.0. The van der Waals surface area contributed by atoms with Gasteiger partial charge in [-0.2, -0.15) is 0 Å². The number of rotatable bonds is 5. The number of nitrogens with one attached hydrogen (secondary N) is 1. The fourth-order valence-corrected chi connectivity index (χ4v) is 1.38. The molecular weight excluding hydrogens is 234 g/mol. The zero-order valence-electron chi connectivity index (χ0n) is 10.4. The van der Waals surface area contributed by atoms with E-state index in [1.165, 1.54) is 6.92 Å². The number of carbonyl (C=O) groups is 2. The SMILES string of the molecule is CCC(C)(NC(=O)c1ccc(CO)cc1)C(=O)O. The monoisotopic (exact) mass is 251 g/mol. The van der Waals surface area contributed by atoms with E-state index >= 15 is 0 Å². The van der Waals surface area contributed by atoms with Crippen molar-refractivity contribution in [1.82, 2.24) is 5.32 Å². The van der Waals surface area contributed by atoms with Crippen molar-refractivity contribution in [2.45, 2.75) is 32.4 Å². The smallest absolute Gasteiger partial charge is 0.329 e. The third-order valence-electron chi connectivity index (χ3n) is 2.97. The first-order chi connectivity index (χ1) is 8.42. The van der Waals surface area contributed by atoms with Crippen LogP contribution >= 0.6 is 0 Å². The molecule has 0 radical (unpaired) electrons. The van der Waals surface area contributed by atoms with Crippen LogP contribution in [0.1, 0.15) is 36.2 Å². The molecule has 0 aliphatic carbocycles. The highest BCUT2D eigenvalue weighted by Crippen LogP contribution is 2.12. The fourth-order valence-electron chi connectivity index (χ4n) is 1.38. The number of carboxylic acid groups (broad SMARTS) is 1. The Kier molecular flexibility index (Phi) is 4.44. The summed E-state index contributed by atoms with van der Waals surface area (Å²) in [6.07, 6.45) is 0.294. The van der Waals surface area contributed by atoms with E-state index in [-0.39, 0.29) is 6.61 Å². The molecule has 1 amide bonds. The molecule has 5 nitrogen and oxygen atoms in total. The zero-order valence-corrected chi connectivity index (χ0v) is 10.4. The number of aliphatic hydroxyl groups is 1. The van der Waals surface area contributed by atoms with Gasteiger partial charge in [0.1, 0.15) is 5.54 Å². The van der Waals surface area contributed by atoms with Crippen LogP contribution in [0, 0.1) is 0 Å². The van der Waals surface area contributed by atoms with E-state index < -0.39 is 17.4 Å². The third kappa shape index (κ3) is 3.07. The first-order valence-electron chi connectivity index (χ1n) is 5.68. The van der Waals surface area contributed by atoms with Crippen molar-refractivity contribution in [2.24, 2.45) is 0 Å². The number of hydrogen-bond donors (Lipinski definition) is 3. The van der Waals surface area contributed by atoms with Crippen LogP contribution in [0.3, 0.4) is 0 Å². The van der Waals surface area contributed by atoms with Gasteiger partial charge in [0, 0.05) is 5.56 Å². The molecule has 0 bridgehead atoms. The molecule has 1 atom stereocenters. The minimum Gasteiger partial charge on any atom is -0.480 e. The lowest BCUT2D eigenvalue weighted by Gasteiger charge is -2.24. The molecule has 0 aliphatic rings. The molecule has 0 spiro atoms. The number of amides is 1. The van der Waals surface area contributed by atoms with E-state index in [9.17, 15) is 9.59 Å². The molecule has 18 heavy (non-hydrogen) atoms. The minimum absolute atomic E-state index is 0.0936. The molecule has 1 unspecified atom stereocenters. The van der Waals surface area contributed by atoms with Crippen molar-refractivity contribution in [3.63, 3.8) is 0 Å². The molecule has 5 heteroatoms. The summed E-state index contributed by atoms with van der Waals surface area (Å²) in [5, 5.41) is 20.4. The van der Waals surface area contributed by atoms with Gasteiger partial charge in [0.2, 0.25) is 0 Å². The quantitative estimate of drug-likeness (QED) is 0.733. The summed E-state index contributed by atoms with van der Waals surface area (Å²) in [6.45, 7) is 3.07. The Hall–Kier alpha value is -1.88. The molecular formula is C13H17NO4. The molecule has 0 aromatic heterocycles. The predicted molar refractivity (Wildman–Crippen MR) is 66.2 cm³/mol. The number of benzene rings is 1. The van der Waals surface area contributed by atoms with Crippen LogP contribution in [0.4, 0.5) is 0 Å². The Morgan fingerprint density at radius 2 is 1.83 bits per heavy atom. The third-order valence-corrected chi connectivity index (χ3v) is 2.97. The Bertz CT molecular complexity index is 441. The summed E-state index contributed by atoms with van der Waals surface area (Å²) >= 11 is 0. The van der Waals surface area contributed by atoms with E-state index in [4.69, 9.17) is 10.2 Å². The number of aliphatic hydroxyl groups excluding tert-OH is 1. The molecule has 3 N–H and O–H groups in total. The van der Waals surface area contributed by atoms with Gasteiger partial charge in [-0.15, -0.1) is 0 Å². The Labute approximate surface area is 105 Å². The summed E-state index contributed by atoms with van der Waals surface area (Å²) in [7, 11) is 0. The van der Waals surface area contributed by atoms with Gasteiger partial charge in [-0.05, 0) is 31.0 Å². The van der Waals surface area contributed by atoms with E-state index in [1.54, 1.807) is 31.2 Å². The molecule has 0 aliphatic heterocycles. The predicted octanol–water partition coefficient (Wildman–Crippen LogP) is 1.16. The average molecular weight is 251 g/mol. The summed E-state index contributed by atoms with van der Waals surface area (Å²) in [5.74, 6) is -1.50. The average Bonchev–Trinajstić information content (AvgIpc) is 2.38. The van der Waals surface area contributed by atoms with E-state index in [1.807, 2.05) is 0 Å². The molecule has 1 rings (SSSR count). The lowest BCUT2D eigenvalue weighted by atomic mass is 9.98. The first-order valence-corrected chi connectivity index (χ1v) is 5.68. The molecule has 98 valence electrons. The van der Waals surface area contributed by atoms with Crippen molar-refractivity contribution in [2.75, 3.05) is 0 Å². The van der Waals surface area contributed by atoms with Crippen molar-refractivity contribution in [1.29, 1.82) is 0 Å². The van der Waals surface area contributed by atoms with Gasteiger partial charge in [-0.1, -0.05) is 19.1 Å². The minimum atomic E-state index is -1.27. The molecule has 0 fully saturated rings. The van der Waals surface area contributed by atoms with Crippen molar-refractivity contribution < 1.29 is 19.8 Å². The highest BCUT2D eigenvalue weighted by atomic mass is 16.4. The topological polar surface area (TPSA) is 86.6 Å². The van der Waals surface area contributed by atoms with E-state index in [0.717, 1.165) is 0 Å². The molecule has 0 saturated carbocycles. The van der Waals surface area contributed by atoms with Crippen LogP contribution in [-0.2, 0) is 11.4 Å². The van der Waals surface area contributed by atoms with Gasteiger partial charge in [0.15, 0.2) is 0 Å². The molecule has 1 aromatic rings. The van der Waals surface area contributed by atoms with Crippen LogP contribution in [-0.4, -0.2) is 27.6 Å². The Morgan fingerprint density at radius 3 is 2.22 bits per heavy atom. The second-order valence-electron chi connectivity index (χ2n) is 4.30. The van der Waals surface area contributed by atoms with E-state index in [0.29, 0.717) is 17.5 Å². The number of hydrogen-bond acceptors (Lipinski definition) is 3. The molecule has 0 saturated heterocycles. The lowest BCUT2D eigenvalue weighted by molar-refractivity contribution is -0.143. The Balaban J connectivity index is 2.84. The largest absolute Gasteiger partial charge is 0.480 e. The van der Waals surface area contributed by atoms with Crippen molar-refractivity contribution in [3.8, 4) is 0 Å². The molecule has 1 aromatic carbocycles. The highest BCUT2D eigenvalue weighted by molar-refractivity contribution is 5.97. The number of carbonyl (C=O) groups excluding carboxylic acids is 1. The second-order valence-corrected chi connectivity index (χ2v) is 4.30. The summed E-state index contributed by atoms with van der Waals surface area (Å²) in [6, 6.07) is 6.36. The van der Waals surface area contributed by atoms with Crippen LogP contribution in [0.2, 0.25) is 0 Å². The molecule has 0 heterocycles. The highest BCUT2D eigenvalue weighted by Gasteiger charge is 2.32. The van der Waals surface area contributed by atoms with Gasteiger partial charge in [0.25, 0.3) is 5.91 Å². The Morgan fingerprint density at radius 1 is 1.28 bits per heavy atom. The van der Waals surface area contributed by atoms with Gasteiger partial charge < -0.3 is 15.5 Å². The van der Waals surface area contributed by atoms with Crippen LogP contribution in [0.5, 0.6) is 0 Å². The summed E-state index contributed by atoms with van der Waals surface area (Å²) < 4.78 is 0. The zero-order chi connectivity index (χ0) is 13.8. The number of carboxylic acids is 1. The fraction of sp³-hybridized carbons (Fsp3) is 0.385. The normalized spacial score (nSPS) is 13.7. The number of aliphatic carboxylic acids is 1. The van der Waals surface area contributed by atoms with Gasteiger partial charge >= 0.3 is 5.97 Å². The standard InChI is InChI=1S/C13H17NO4/c1-3-13(2,12(17)18)14-11(16)10-6-4-9(8-15)5-7-10/h4-7,15H,3,8H2,1-2H3,(H,14,16)(H,17,18). The van der Waals surface area contributed by atoms with Crippen molar-refractivity contribution in [3.05, 3.63) is 35.4 Å². The van der Waals surface area contributed by atoms with E-state index in [2.05, 4.69) is 5.32 Å². The maximum absolute atomic E-state index is 11.9. The van der Waals surface area contributed by atoms with Crippen molar-refractivity contribution >= 4 is 11.9 Å². The van der Waals surface area contributed by atoms with Crippen LogP contribution in [0.25, 0.3) is 0 Å². The lowest BCUT2D eigenvalue weighted by Crippen LogP contribution is -2.51. The second kappa shape index (κ2) is 5.64. The summed E-state index contributed by atoms with van der Waals surface area (Å²) in [5.41, 5.74) is -0.205. The van der Waals surface area contributed by atoms with Gasteiger partial charge in [0.05, 0.1) is 6.61 Å². The van der Waals surface area contributed by atoms with Gasteiger partial charge in [-0.25, -0.2) is 4.79 Å². The van der Waals surface area contributed by atoms with Crippen LogP contribution in [0.15, 0.2) is 24.3 Å². The first kappa shape index (κ1) is 14.2. The van der Waals surface area contributed by atoms with Crippen LogP contribution < -0.4 is 5.32 Å². The maximum atomic E-state index is 11.9. The maximum Gasteiger partial charge on any atom is 0.329 e.